The molecule has 0 N–H and O–H groups in total. The van der Waals surface area contributed by atoms with Crippen molar-refractivity contribution in [1.29, 1.82) is 0 Å². The van der Waals surface area contributed by atoms with E-state index in [4.69, 9.17) is 4.74 Å². The average molecular weight is 142 g/mol. The van der Waals surface area contributed by atoms with Crippen molar-refractivity contribution in [1.82, 2.24) is 0 Å². The molecule has 1 aliphatic rings. The Morgan fingerprint density at radius 1 is 1.30 bits per heavy atom. The van der Waals surface area contributed by atoms with Crippen molar-refractivity contribution < 1.29 is 9.53 Å². The van der Waals surface area contributed by atoms with E-state index in [-0.39, 0.29) is 5.92 Å². The van der Waals surface area contributed by atoms with Crippen molar-refractivity contribution in [2.24, 2.45) is 5.92 Å². The Labute approximate surface area is 61.6 Å². The number of carbonyl (C=O) groups is 1. The van der Waals surface area contributed by atoms with Crippen LogP contribution in [0.4, 0.5) is 0 Å². The molecule has 0 bridgehead atoms. The number of carbonyl (C=O) groups excluding carboxylic acids is 1. The van der Waals surface area contributed by atoms with E-state index in [0.717, 1.165) is 25.7 Å². The molecule has 1 saturated heterocycles. The molecule has 0 saturated carbocycles. The molecular weight excluding hydrogens is 128 g/mol. The van der Waals surface area contributed by atoms with Crippen LogP contribution in [0.2, 0.25) is 0 Å². The predicted octanol–water partition coefficient (Wildman–Crippen LogP) is 1.39. The van der Waals surface area contributed by atoms with Crippen LogP contribution in [0, 0.1) is 5.92 Å². The molecule has 0 aliphatic carbocycles. The Morgan fingerprint density at radius 2 is 2.20 bits per heavy atom. The van der Waals surface area contributed by atoms with Gasteiger partial charge in [-0.3, -0.25) is 0 Å². The second-order valence-corrected chi connectivity index (χ2v) is 2.82. The van der Waals surface area contributed by atoms with E-state index in [1.54, 1.807) is 0 Å². The van der Waals surface area contributed by atoms with Crippen LogP contribution in [0.25, 0.3) is 0 Å². The number of aldehydes is 1. The monoisotopic (exact) mass is 142 g/mol. The van der Waals surface area contributed by atoms with Gasteiger partial charge in [0.15, 0.2) is 0 Å². The summed E-state index contributed by atoms with van der Waals surface area (Å²) in [5.74, 6) is 0.167. The lowest BCUT2D eigenvalue weighted by molar-refractivity contribution is -0.113. The molecule has 2 nitrogen and oxygen atoms in total. The van der Waals surface area contributed by atoms with E-state index in [0.29, 0.717) is 6.61 Å². The maximum Gasteiger partial charge on any atom is 0.125 e. The lowest BCUT2D eigenvalue weighted by atomic mass is 10.0. The molecule has 10 heavy (non-hydrogen) atoms. The van der Waals surface area contributed by atoms with Gasteiger partial charge in [0.05, 0.1) is 6.61 Å². The summed E-state index contributed by atoms with van der Waals surface area (Å²) in [6, 6.07) is 0. The highest BCUT2D eigenvalue weighted by molar-refractivity contribution is 5.53. The van der Waals surface area contributed by atoms with Crippen molar-refractivity contribution in [2.45, 2.75) is 25.7 Å². The van der Waals surface area contributed by atoms with Gasteiger partial charge < -0.3 is 9.53 Å². The molecule has 0 aromatic rings. The molecule has 1 rings (SSSR count). The molecule has 1 aliphatic heterocycles. The molecule has 58 valence electrons. The van der Waals surface area contributed by atoms with Crippen molar-refractivity contribution in [2.75, 3.05) is 13.2 Å². The fourth-order valence-corrected chi connectivity index (χ4v) is 1.21. The highest BCUT2D eigenvalue weighted by atomic mass is 16.5. The summed E-state index contributed by atoms with van der Waals surface area (Å²) in [6.07, 6.45) is 5.59. The Bertz CT molecular complexity index is 93.4. The number of rotatable bonds is 1. The summed E-state index contributed by atoms with van der Waals surface area (Å²) in [7, 11) is 0. The molecule has 0 aromatic heterocycles. The third-order valence-corrected chi connectivity index (χ3v) is 1.89. The number of hydrogen-bond donors (Lipinski definition) is 0. The summed E-state index contributed by atoms with van der Waals surface area (Å²) < 4.78 is 5.25. The fourth-order valence-electron chi connectivity index (χ4n) is 1.21. The van der Waals surface area contributed by atoms with Gasteiger partial charge in [-0.1, -0.05) is 12.8 Å². The van der Waals surface area contributed by atoms with Crippen molar-refractivity contribution >= 4 is 6.29 Å². The lowest BCUT2D eigenvalue weighted by Crippen LogP contribution is -2.14. The summed E-state index contributed by atoms with van der Waals surface area (Å²) >= 11 is 0. The SMILES string of the molecule is O=CC1CCCCCOC1. The topological polar surface area (TPSA) is 26.3 Å². The summed E-state index contributed by atoms with van der Waals surface area (Å²) in [5, 5.41) is 0. The molecule has 0 aromatic carbocycles. The quantitative estimate of drug-likeness (QED) is 0.517. The minimum atomic E-state index is 0.167. The van der Waals surface area contributed by atoms with Gasteiger partial charge >= 0.3 is 0 Å². The van der Waals surface area contributed by atoms with E-state index < -0.39 is 0 Å². The Kier molecular flexibility index (Phi) is 3.44. The van der Waals surface area contributed by atoms with E-state index >= 15 is 0 Å². The van der Waals surface area contributed by atoms with Gasteiger partial charge in [0, 0.05) is 12.5 Å². The largest absolute Gasteiger partial charge is 0.381 e. The third-order valence-electron chi connectivity index (χ3n) is 1.89. The Morgan fingerprint density at radius 3 is 3.00 bits per heavy atom. The summed E-state index contributed by atoms with van der Waals surface area (Å²) in [5.41, 5.74) is 0. The predicted molar refractivity (Wildman–Crippen MR) is 38.8 cm³/mol. The highest BCUT2D eigenvalue weighted by Gasteiger charge is 2.09. The van der Waals surface area contributed by atoms with Gasteiger partial charge in [-0.25, -0.2) is 0 Å². The van der Waals surface area contributed by atoms with E-state index in [9.17, 15) is 4.79 Å². The minimum absolute atomic E-state index is 0.167. The van der Waals surface area contributed by atoms with E-state index in [1.807, 2.05) is 0 Å². The standard InChI is InChI=1S/C8H14O2/c9-6-8-4-2-1-3-5-10-7-8/h6,8H,1-5,7H2. The van der Waals surface area contributed by atoms with E-state index in [2.05, 4.69) is 0 Å². The summed E-state index contributed by atoms with van der Waals surface area (Å²) in [6.45, 7) is 1.48. The van der Waals surface area contributed by atoms with Crippen LogP contribution in [-0.2, 0) is 9.53 Å². The van der Waals surface area contributed by atoms with Crippen LogP contribution in [0.5, 0.6) is 0 Å². The van der Waals surface area contributed by atoms with Crippen molar-refractivity contribution in [3.8, 4) is 0 Å². The van der Waals surface area contributed by atoms with Crippen LogP contribution in [0.15, 0.2) is 0 Å². The maximum absolute atomic E-state index is 10.3. The van der Waals surface area contributed by atoms with Crippen LogP contribution < -0.4 is 0 Å². The molecule has 1 fully saturated rings. The van der Waals surface area contributed by atoms with Gasteiger partial charge in [0.1, 0.15) is 6.29 Å². The number of ether oxygens (including phenoxy) is 1. The molecule has 1 atom stereocenters. The molecule has 2 heteroatoms. The second-order valence-electron chi connectivity index (χ2n) is 2.82. The van der Waals surface area contributed by atoms with Crippen LogP contribution in [-0.4, -0.2) is 19.5 Å². The normalized spacial score (nSPS) is 28.6. The first kappa shape index (κ1) is 7.73. The zero-order valence-electron chi connectivity index (χ0n) is 6.21. The Hall–Kier alpha value is -0.370. The maximum atomic E-state index is 10.3. The zero-order chi connectivity index (χ0) is 7.23. The fraction of sp³-hybridized carbons (Fsp3) is 0.875. The summed E-state index contributed by atoms with van der Waals surface area (Å²) in [4.78, 5) is 10.3. The number of hydrogen-bond acceptors (Lipinski definition) is 2. The molecule has 1 unspecified atom stereocenters. The first-order valence-corrected chi connectivity index (χ1v) is 3.96. The molecule has 0 amide bonds. The molecule has 1 heterocycles. The van der Waals surface area contributed by atoms with Crippen LogP contribution in [0.1, 0.15) is 25.7 Å². The van der Waals surface area contributed by atoms with Gasteiger partial charge in [-0.05, 0) is 12.8 Å². The van der Waals surface area contributed by atoms with Crippen LogP contribution in [0.3, 0.4) is 0 Å². The molecule has 0 radical (unpaired) electrons. The first-order valence-electron chi connectivity index (χ1n) is 3.96. The Balaban J connectivity index is 2.22. The first-order chi connectivity index (χ1) is 4.93. The van der Waals surface area contributed by atoms with Gasteiger partial charge in [-0.15, -0.1) is 0 Å². The van der Waals surface area contributed by atoms with Gasteiger partial charge in [-0.2, -0.15) is 0 Å². The minimum Gasteiger partial charge on any atom is -0.381 e. The third kappa shape index (κ3) is 2.48. The molecule has 0 spiro atoms. The van der Waals surface area contributed by atoms with Crippen LogP contribution >= 0.6 is 0 Å². The smallest absolute Gasteiger partial charge is 0.125 e. The van der Waals surface area contributed by atoms with Crippen molar-refractivity contribution in [3.05, 3.63) is 0 Å². The second kappa shape index (κ2) is 4.45. The van der Waals surface area contributed by atoms with Gasteiger partial charge in [0.25, 0.3) is 0 Å². The zero-order valence-corrected chi connectivity index (χ0v) is 6.21. The van der Waals surface area contributed by atoms with Gasteiger partial charge in [0.2, 0.25) is 0 Å². The van der Waals surface area contributed by atoms with E-state index in [1.165, 1.54) is 12.8 Å². The van der Waals surface area contributed by atoms with Crippen molar-refractivity contribution in [3.63, 3.8) is 0 Å². The highest BCUT2D eigenvalue weighted by Crippen LogP contribution is 2.11. The lowest BCUT2D eigenvalue weighted by Gasteiger charge is -2.13. The average Bonchev–Trinajstić information content (AvgIpc) is 1.87. The molecular formula is C8H14O2.